The Morgan fingerprint density at radius 3 is 2.44 bits per heavy atom. The highest BCUT2D eigenvalue weighted by molar-refractivity contribution is 5.94. The summed E-state index contributed by atoms with van der Waals surface area (Å²) in [6.07, 6.45) is 1.40. The van der Waals surface area contributed by atoms with Gasteiger partial charge in [0.2, 0.25) is 5.43 Å². The maximum absolute atomic E-state index is 12.7. The van der Waals surface area contributed by atoms with Crippen LogP contribution in [0, 0.1) is 6.92 Å². The van der Waals surface area contributed by atoms with Crippen LogP contribution < -0.4 is 10.7 Å². The second kappa shape index (κ2) is 9.86. The molecule has 0 fully saturated rings. The van der Waals surface area contributed by atoms with E-state index in [0.717, 1.165) is 11.3 Å². The van der Waals surface area contributed by atoms with Gasteiger partial charge in [0, 0.05) is 25.0 Å². The van der Waals surface area contributed by atoms with Crippen LogP contribution in [0.15, 0.2) is 47.4 Å². The number of methoxy groups -OCH3 is 1. The quantitative estimate of drug-likeness (QED) is 0.562. The standard InChI is InChI=1S/C23H23N3O6/c1-4-26-12-18(20(28)17-10-5-14(2)25-21(17)26)23(30)32-13-19(27)24-11-15-6-8-16(9-7-15)22(29)31-3/h5-10,12H,4,11,13H2,1-3H3,(H,24,27). The van der Waals surface area contributed by atoms with Crippen LogP contribution in [0.2, 0.25) is 0 Å². The highest BCUT2D eigenvalue weighted by Gasteiger charge is 2.18. The molecule has 2 heterocycles. The summed E-state index contributed by atoms with van der Waals surface area (Å²) in [6.45, 7) is 3.84. The first kappa shape index (κ1) is 22.7. The number of benzene rings is 1. The van der Waals surface area contributed by atoms with E-state index in [1.807, 2.05) is 13.8 Å². The zero-order chi connectivity index (χ0) is 23.3. The van der Waals surface area contributed by atoms with Crippen LogP contribution in [-0.4, -0.2) is 41.1 Å². The van der Waals surface area contributed by atoms with Crippen molar-refractivity contribution >= 4 is 28.9 Å². The number of ether oxygens (including phenoxy) is 2. The molecule has 1 N–H and O–H groups in total. The van der Waals surface area contributed by atoms with Crippen LogP contribution in [0.4, 0.5) is 0 Å². The van der Waals surface area contributed by atoms with E-state index in [9.17, 15) is 19.2 Å². The molecule has 0 radical (unpaired) electrons. The van der Waals surface area contributed by atoms with E-state index in [-0.39, 0.29) is 12.1 Å². The molecule has 0 aliphatic heterocycles. The van der Waals surface area contributed by atoms with E-state index in [1.165, 1.54) is 13.3 Å². The fourth-order valence-electron chi connectivity index (χ4n) is 3.08. The maximum atomic E-state index is 12.7. The molecule has 0 saturated heterocycles. The molecular formula is C23H23N3O6. The number of rotatable bonds is 7. The monoisotopic (exact) mass is 437 g/mol. The van der Waals surface area contributed by atoms with Gasteiger partial charge in [-0.05, 0) is 43.7 Å². The molecule has 0 aliphatic rings. The molecular weight excluding hydrogens is 414 g/mol. The highest BCUT2D eigenvalue weighted by Crippen LogP contribution is 2.12. The minimum Gasteiger partial charge on any atom is -0.465 e. The number of nitrogens with zero attached hydrogens (tertiary/aromatic N) is 2. The molecule has 9 nitrogen and oxygen atoms in total. The first-order chi connectivity index (χ1) is 15.3. The van der Waals surface area contributed by atoms with Crippen LogP contribution in [-0.2, 0) is 27.4 Å². The molecule has 166 valence electrons. The summed E-state index contributed by atoms with van der Waals surface area (Å²) >= 11 is 0. The van der Waals surface area contributed by atoms with E-state index < -0.39 is 29.9 Å². The van der Waals surface area contributed by atoms with Crippen molar-refractivity contribution in [2.75, 3.05) is 13.7 Å². The summed E-state index contributed by atoms with van der Waals surface area (Å²) in [6, 6.07) is 9.85. The van der Waals surface area contributed by atoms with Gasteiger partial charge in [0.05, 0.1) is 18.1 Å². The molecule has 3 aromatic rings. The van der Waals surface area contributed by atoms with Gasteiger partial charge in [-0.2, -0.15) is 0 Å². The number of fused-ring (bicyclic) bond motifs is 1. The van der Waals surface area contributed by atoms with Crippen molar-refractivity contribution in [3.8, 4) is 0 Å². The van der Waals surface area contributed by atoms with Crippen LogP contribution in [0.5, 0.6) is 0 Å². The Morgan fingerprint density at radius 2 is 1.78 bits per heavy atom. The lowest BCUT2D eigenvalue weighted by Gasteiger charge is -2.11. The number of aromatic nitrogens is 2. The van der Waals surface area contributed by atoms with Crippen molar-refractivity contribution in [2.24, 2.45) is 0 Å². The third kappa shape index (κ3) is 5.00. The van der Waals surface area contributed by atoms with Gasteiger partial charge in [-0.15, -0.1) is 0 Å². The fourth-order valence-corrected chi connectivity index (χ4v) is 3.08. The Labute approximate surface area is 184 Å². The lowest BCUT2D eigenvalue weighted by molar-refractivity contribution is -0.124. The number of pyridine rings is 2. The molecule has 0 aliphatic carbocycles. The zero-order valence-electron chi connectivity index (χ0n) is 18.0. The Kier molecular flexibility index (Phi) is 6.99. The lowest BCUT2D eigenvalue weighted by Crippen LogP contribution is -2.30. The average Bonchev–Trinajstić information content (AvgIpc) is 2.81. The first-order valence-corrected chi connectivity index (χ1v) is 9.96. The van der Waals surface area contributed by atoms with Crippen molar-refractivity contribution in [1.29, 1.82) is 0 Å². The highest BCUT2D eigenvalue weighted by atomic mass is 16.5. The number of carbonyl (C=O) groups is 3. The molecule has 0 unspecified atom stereocenters. The predicted octanol–water partition coefficient (Wildman–Crippen LogP) is 1.98. The number of esters is 2. The van der Waals surface area contributed by atoms with E-state index in [0.29, 0.717) is 23.1 Å². The van der Waals surface area contributed by atoms with Gasteiger partial charge < -0.3 is 19.4 Å². The summed E-state index contributed by atoms with van der Waals surface area (Å²) in [5.74, 6) is -1.85. The summed E-state index contributed by atoms with van der Waals surface area (Å²) in [5.41, 5.74) is 1.75. The summed E-state index contributed by atoms with van der Waals surface area (Å²) < 4.78 is 11.4. The molecule has 2 aromatic heterocycles. The van der Waals surface area contributed by atoms with Crippen LogP contribution in [0.1, 0.15) is 38.9 Å². The van der Waals surface area contributed by atoms with Crippen LogP contribution in [0.25, 0.3) is 11.0 Å². The minimum atomic E-state index is -0.878. The second-order valence-electron chi connectivity index (χ2n) is 7.02. The van der Waals surface area contributed by atoms with Crippen molar-refractivity contribution < 1.29 is 23.9 Å². The smallest absolute Gasteiger partial charge is 0.344 e. The number of nitrogens with one attached hydrogen (secondary N) is 1. The topological polar surface area (TPSA) is 117 Å². The van der Waals surface area contributed by atoms with Gasteiger partial charge in [-0.3, -0.25) is 9.59 Å². The molecule has 0 bridgehead atoms. The number of amides is 1. The van der Waals surface area contributed by atoms with Crippen molar-refractivity contribution in [3.63, 3.8) is 0 Å². The van der Waals surface area contributed by atoms with Gasteiger partial charge in [0.15, 0.2) is 6.61 Å². The Hall–Kier alpha value is -4.01. The van der Waals surface area contributed by atoms with E-state index >= 15 is 0 Å². The van der Waals surface area contributed by atoms with Crippen molar-refractivity contribution in [3.05, 3.63) is 75.2 Å². The second-order valence-corrected chi connectivity index (χ2v) is 7.02. The molecule has 1 amide bonds. The lowest BCUT2D eigenvalue weighted by atomic mass is 10.1. The fraction of sp³-hybridized carbons (Fsp3) is 0.261. The van der Waals surface area contributed by atoms with Crippen LogP contribution in [0.3, 0.4) is 0 Å². The normalized spacial score (nSPS) is 10.6. The maximum Gasteiger partial charge on any atom is 0.344 e. The van der Waals surface area contributed by atoms with Crippen molar-refractivity contribution in [2.45, 2.75) is 26.9 Å². The first-order valence-electron chi connectivity index (χ1n) is 9.96. The number of aryl methyl sites for hydroxylation is 2. The number of hydrogen-bond acceptors (Lipinski definition) is 7. The Morgan fingerprint density at radius 1 is 1.06 bits per heavy atom. The van der Waals surface area contributed by atoms with Gasteiger partial charge >= 0.3 is 11.9 Å². The molecule has 0 saturated carbocycles. The molecule has 3 rings (SSSR count). The molecule has 32 heavy (non-hydrogen) atoms. The Balaban J connectivity index is 1.63. The largest absolute Gasteiger partial charge is 0.465 e. The SMILES string of the molecule is CCn1cc(C(=O)OCC(=O)NCc2ccc(C(=O)OC)cc2)c(=O)c2ccc(C)nc21. The van der Waals surface area contributed by atoms with Crippen LogP contribution >= 0.6 is 0 Å². The summed E-state index contributed by atoms with van der Waals surface area (Å²) in [4.78, 5) is 53.1. The predicted molar refractivity (Wildman–Crippen MR) is 116 cm³/mol. The van der Waals surface area contributed by atoms with E-state index in [4.69, 9.17) is 4.74 Å². The number of hydrogen-bond donors (Lipinski definition) is 1. The molecule has 0 spiro atoms. The van der Waals surface area contributed by atoms with Gasteiger partial charge in [0.25, 0.3) is 5.91 Å². The Bertz CT molecular complexity index is 1230. The van der Waals surface area contributed by atoms with Gasteiger partial charge in [-0.1, -0.05) is 12.1 Å². The molecule has 0 atom stereocenters. The van der Waals surface area contributed by atoms with E-state index in [1.54, 1.807) is 41.0 Å². The molecule has 9 heteroatoms. The third-order valence-corrected chi connectivity index (χ3v) is 4.82. The van der Waals surface area contributed by atoms with Gasteiger partial charge in [0.1, 0.15) is 11.2 Å². The van der Waals surface area contributed by atoms with Gasteiger partial charge in [-0.25, -0.2) is 14.6 Å². The summed E-state index contributed by atoms with van der Waals surface area (Å²) in [7, 11) is 1.30. The summed E-state index contributed by atoms with van der Waals surface area (Å²) in [5, 5.41) is 2.93. The van der Waals surface area contributed by atoms with Crippen molar-refractivity contribution in [1.82, 2.24) is 14.9 Å². The third-order valence-electron chi connectivity index (χ3n) is 4.82. The molecule has 1 aromatic carbocycles. The average molecular weight is 437 g/mol. The zero-order valence-corrected chi connectivity index (χ0v) is 18.0. The number of carbonyl (C=O) groups excluding carboxylic acids is 3. The minimum absolute atomic E-state index is 0.156. The van der Waals surface area contributed by atoms with E-state index in [2.05, 4.69) is 15.0 Å².